The Hall–Kier alpha value is -2.58. The van der Waals surface area contributed by atoms with Crippen molar-refractivity contribution in [2.45, 2.75) is 19.4 Å². The van der Waals surface area contributed by atoms with Crippen LogP contribution in [0.1, 0.15) is 34.1 Å². The lowest BCUT2D eigenvalue weighted by molar-refractivity contribution is 0.0755. The molecule has 1 amide bonds. The number of amidine groups is 1. The summed E-state index contributed by atoms with van der Waals surface area (Å²) >= 11 is 7.11. The second kappa shape index (κ2) is 9.28. The van der Waals surface area contributed by atoms with Crippen molar-refractivity contribution >= 4 is 40.4 Å². The van der Waals surface area contributed by atoms with Gasteiger partial charge in [-0.3, -0.25) is 10.2 Å². The van der Waals surface area contributed by atoms with Gasteiger partial charge < -0.3 is 19.8 Å². The third-order valence-corrected chi connectivity index (χ3v) is 5.56. The van der Waals surface area contributed by atoms with Crippen LogP contribution in [0.4, 0.5) is 0 Å². The number of thiophene rings is 1. The number of carbonyl (C=O) groups excluding carboxylic acids is 1. The summed E-state index contributed by atoms with van der Waals surface area (Å²) in [6.07, 6.45) is 0.300. The van der Waals surface area contributed by atoms with Crippen molar-refractivity contribution in [1.82, 2.24) is 10.2 Å². The molecule has 0 fully saturated rings. The number of carbonyl (C=O) groups is 1. The highest BCUT2D eigenvalue weighted by Crippen LogP contribution is 2.27. The van der Waals surface area contributed by atoms with Gasteiger partial charge in [-0.1, -0.05) is 22.8 Å². The summed E-state index contributed by atoms with van der Waals surface area (Å²) in [7, 11) is 3.66. The van der Waals surface area contributed by atoms with E-state index in [2.05, 4.69) is 10.5 Å². The minimum absolute atomic E-state index is 0.180. The Morgan fingerprint density at radius 2 is 2.21 bits per heavy atom. The number of halogens is 1. The minimum atomic E-state index is -0.251. The molecule has 0 aliphatic carbocycles. The van der Waals surface area contributed by atoms with Gasteiger partial charge in [-0.15, -0.1) is 11.3 Å². The summed E-state index contributed by atoms with van der Waals surface area (Å²) in [6.45, 7) is 2.76. The summed E-state index contributed by atoms with van der Waals surface area (Å²) in [5.74, 6) is 0.883. The van der Waals surface area contributed by atoms with Crippen molar-refractivity contribution in [2.75, 3.05) is 27.2 Å². The summed E-state index contributed by atoms with van der Waals surface area (Å²) in [5, 5.41) is 15.2. The summed E-state index contributed by atoms with van der Waals surface area (Å²) in [5.41, 5.74) is 2.36. The number of nitrogens with zero attached hydrogens (tertiary/aromatic N) is 2. The molecule has 1 aliphatic heterocycles. The number of amides is 1. The van der Waals surface area contributed by atoms with Crippen LogP contribution in [0.25, 0.3) is 0 Å². The third kappa shape index (κ3) is 5.07. The molecule has 0 radical (unpaired) electrons. The first-order valence-electron chi connectivity index (χ1n) is 9.18. The molecule has 29 heavy (non-hydrogen) atoms. The van der Waals surface area contributed by atoms with E-state index >= 15 is 0 Å². The van der Waals surface area contributed by atoms with Crippen LogP contribution in [-0.2, 0) is 4.84 Å². The Morgan fingerprint density at radius 3 is 2.86 bits per heavy atom. The Balaban J connectivity index is 1.65. The second-order valence-corrected chi connectivity index (χ2v) is 8.39. The monoisotopic (exact) mass is 434 g/mol. The molecule has 154 valence electrons. The standard InChI is InChI=1S/C20H23ClN4O3S/c1-4-27-16-9-12(19(22)25(2)3)5-6-14(16)15-10-13(28-24-15)11-23-20(26)17-7-8-18(21)29-17/h5-9,13,22H,4,10-11H2,1-3H3,(H,23,26). The highest BCUT2D eigenvalue weighted by atomic mass is 35.5. The highest BCUT2D eigenvalue weighted by Gasteiger charge is 2.25. The molecule has 1 aromatic heterocycles. The van der Waals surface area contributed by atoms with Crippen LogP contribution in [0, 0.1) is 5.41 Å². The molecule has 0 spiro atoms. The minimum Gasteiger partial charge on any atom is -0.493 e. The first-order valence-corrected chi connectivity index (χ1v) is 10.4. The maximum Gasteiger partial charge on any atom is 0.261 e. The lowest BCUT2D eigenvalue weighted by Gasteiger charge is -2.16. The van der Waals surface area contributed by atoms with Crippen LogP contribution >= 0.6 is 22.9 Å². The first-order chi connectivity index (χ1) is 13.9. The number of benzene rings is 1. The van der Waals surface area contributed by atoms with Gasteiger partial charge in [0.25, 0.3) is 5.91 Å². The maximum atomic E-state index is 12.2. The molecule has 1 aromatic carbocycles. The molecule has 3 rings (SSSR count). The zero-order valence-electron chi connectivity index (χ0n) is 16.5. The van der Waals surface area contributed by atoms with Gasteiger partial charge in [0.2, 0.25) is 0 Å². The van der Waals surface area contributed by atoms with E-state index in [1.807, 2.05) is 39.2 Å². The lowest BCUT2D eigenvalue weighted by atomic mass is 10.0. The lowest BCUT2D eigenvalue weighted by Crippen LogP contribution is -2.31. The Morgan fingerprint density at radius 1 is 1.41 bits per heavy atom. The van der Waals surface area contributed by atoms with Gasteiger partial charge in [-0.25, -0.2) is 0 Å². The smallest absolute Gasteiger partial charge is 0.261 e. The van der Waals surface area contributed by atoms with E-state index < -0.39 is 0 Å². The molecule has 0 bridgehead atoms. The number of hydrogen-bond donors (Lipinski definition) is 2. The van der Waals surface area contributed by atoms with Gasteiger partial charge in [0.15, 0.2) is 0 Å². The van der Waals surface area contributed by atoms with Crippen LogP contribution in [0.2, 0.25) is 4.34 Å². The van der Waals surface area contributed by atoms with Gasteiger partial charge in [0.05, 0.1) is 28.1 Å². The van der Waals surface area contributed by atoms with Crippen LogP contribution in [0.5, 0.6) is 5.75 Å². The second-order valence-electron chi connectivity index (χ2n) is 6.67. The van der Waals surface area contributed by atoms with Crippen LogP contribution < -0.4 is 10.1 Å². The molecule has 0 saturated heterocycles. The van der Waals surface area contributed by atoms with Crippen LogP contribution in [0.15, 0.2) is 35.5 Å². The van der Waals surface area contributed by atoms with E-state index in [4.69, 9.17) is 26.6 Å². The van der Waals surface area contributed by atoms with Crippen molar-refractivity contribution in [3.05, 3.63) is 50.7 Å². The number of hydrogen-bond acceptors (Lipinski definition) is 6. The number of oxime groups is 1. The normalized spacial score (nSPS) is 15.4. The van der Waals surface area contributed by atoms with E-state index in [-0.39, 0.29) is 12.0 Å². The fourth-order valence-electron chi connectivity index (χ4n) is 2.87. The van der Waals surface area contributed by atoms with Crippen molar-refractivity contribution < 1.29 is 14.4 Å². The average molecular weight is 435 g/mol. The Labute approximate surface area is 178 Å². The zero-order chi connectivity index (χ0) is 21.0. The zero-order valence-corrected chi connectivity index (χ0v) is 18.1. The van der Waals surface area contributed by atoms with Crippen molar-refractivity contribution in [2.24, 2.45) is 5.16 Å². The molecule has 1 atom stereocenters. The Bertz CT molecular complexity index is 942. The van der Waals surface area contributed by atoms with E-state index in [0.717, 1.165) is 16.8 Å². The van der Waals surface area contributed by atoms with Crippen LogP contribution in [0.3, 0.4) is 0 Å². The molecule has 2 aromatic rings. The largest absolute Gasteiger partial charge is 0.493 e. The summed E-state index contributed by atoms with van der Waals surface area (Å²) in [4.78, 5) is 20.0. The molecule has 1 aliphatic rings. The first kappa shape index (κ1) is 21.1. The highest BCUT2D eigenvalue weighted by molar-refractivity contribution is 7.18. The topological polar surface area (TPSA) is 87.0 Å². The van der Waals surface area contributed by atoms with Gasteiger partial charge >= 0.3 is 0 Å². The molecular formula is C20H23ClN4O3S. The number of rotatable bonds is 7. The van der Waals surface area contributed by atoms with Gasteiger partial charge in [0.1, 0.15) is 17.7 Å². The predicted molar refractivity (Wildman–Crippen MR) is 116 cm³/mol. The molecule has 2 heterocycles. The van der Waals surface area contributed by atoms with E-state index in [1.165, 1.54) is 11.3 Å². The third-order valence-electron chi connectivity index (χ3n) is 4.33. The van der Waals surface area contributed by atoms with E-state index in [0.29, 0.717) is 40.4 Å². The summed E-state index contributed by atoms with van der Waals surface area (Å²) < 4.78 is 6.36. The van der Waals surface area contributed by atoms with Gasteiger partial charge in [-0.2, -0.15) is 0 Å². The fraction of sp³-hybridized carbons (Fsp3) is 0.350. The van der Waals surface area contributed by atoms with E-state index in [1.54, 1.807) is 17.0 Å². The molecule has 2 N–H and O–H groups in total. The van der Waals surface area contributed by atoms with Crippen molar-refractivity contribution in [3.8, 4) is 5.75 Å². The quantitative estimate of drug-likeness (QED) is 0.514. The molecular weight excluding hydrogens is 412 g/mol. The Kier molecular flexibility index (Phi) is 6.76. The van der Waals surface area contributed by atoms with E-state index in [9.17, 15) is 4.79 Å². The van der Waals surface area contributed by atoms with Gasteiger partial charge in [0, 0.05) is 31.6 Å². The maximum absolute atomic E-state index is 12.2. The SMILES string of the molecule is CCOc1cc(C(=N)N(C)C)ccc1C1=NOC(CNC(=O)c2ccc(Cl)s2)C1. The van der Waals surface area contributed by atoms with Crippen molar-refractivity contribution in [1.29, 1.82) is 5.41 Å². The van der Waals surface area contributed by atoms with Gasteiger partial charge in [-0.05, 0) is 31.2 Å². The van der Waals surface area contributed by atoms with Crippen LogP contribution in [-0.4, -0.2) is 55.7 Å². The number of nitrogens with one attached hydrogen (secondary N) is 2. The average Bonchev–Trinajstić information content (AvgIpc) is 3.35. The summed E-state index contributed by atoms with van der Waals surface area (Å²) in [6, 6.07) is 9.01. The van der Waals surface area contributed by atoms with Crippen molar-refractivity contribution in [3.63, 3.8) is 0 Å². The molecule has 1 unspecified atom stereocenters. The molecule has 0 saturated carbocycles. The predicted octanol–water partition coefficient (Wildman–Crippen LogP) is 3.61. The molecule has 7 nitrogen and oxygen atoms in total. The molecule has 9 heteroatoms. The fourth-order valence-corrected chi connectivity index (χ4v) is 3.83. The number of ether oxygens (including phenoxy) is 1.